The van der Waals surface area contributed by atoms with Crippen molar-refractivity contribution < 1.29 is 0 Å². The van der Waals surface area contributed by atoms with E-state index in [1.807, 2.05) is 54.7 Å². The van der Waals surface area contributed by atoms with Crippen molar-refractivity contribution >= 4 is 21.8 Å². The molecule has 5 aromatic carbocycles. The molecule has 0 bridgehead atoms. The highest BCUT2D eigenvalue weighted by molar-refractivity contribution is 6.09. The molecule has 0 spiro atoms. The molecule has 48 heavy (non-hydrogen) atoms. The SMILES string of the molecule is c1ccc(-c2cccc(-n3c(-c4cc(-c5ccccc5)ccn4)nnc3-c3cccc(-n4c5ccccc5c5ccccc54)n3)c2)cc1. The molecule has 0 aliphatic heterocycles. The molecule has 6 heteroatoms. The monoisotopic (exact) mass is 616 g/mol. The molecule has 0 radical (unpaired) electrons. The second kappa shape index (κ2) is 11.6. The van der Waals surface area contributed by atoms with Crippen molar-refractivity contribution in [3.63, 3.8) is 0 Å². The lowest BCUT2D eigenvalue weighted by molar-refractivity contribution is 1.03. The van der Waals surface area contributed by atoms with Gasteiger partial charge in [0.25, 0.3) is 0 Å². The number of aromatic nitrogens is 6. The summed E-state index contributed by atoms with van der Waals surface area (Å²) in [4.78, 5) is 10.0. The molecule has 4 heterocycles. The van der Waals surface area contributed by atoms with E-state index in [0.29, 0.717) is 17.3 Å². The summed E-state index contributed by atoms with van der Waals surface area (Å²) in [5.74, 6) is 2.07. The summed E-state index contributed by atoms with van der Waals surface area (Å²) in [5, 5.41) is 11.9. The lowest BCUT2D eigenvalue weighted by Gasteiger charge is -2.13. The fourth-order valence-electron chi connectivity index (χ4n) is 6.52. The number of hydrogen-bond acceptors (Lipinski definition) is 4. The van der Waals surface area contributed by atoms with E-state index in [2.05, 4.69) is 124 Å². The van der Waals surface area contributed by atoms with E-state index in [1.165, 1.54) is 10.8 Å². The number of fused-ring (bicyclic) bond motifs is 3. The third-order valence-corrected chi connectivity index (χ3v) is 8.74. The summed E-state index contributed by atoms with van der Waals surface area (Å²) in [6.07, 6.45) is 1.83. The highest BCUT2D eigenvalue weighted by Gasteiger charge is 2.21. The first-order valence-corrected chi connectivity index (χ1v) is 15.9. The zero-order chi connectivity index (χ0) is 31.9. The van der Waals surface area contributed by atoms with Gasteiger partial charge >= 0.3 is 0 Å². The minimum Gasteiger partial charge on any atom is -0.294 e. The number of para-hydroxylation sites is 2. The van der Waals surface area contributed by atoms with Crippen LogP contribution in [0.15, 0.2) is 170 Å². The van der Waals surface area contributed by atoms with E-state index in [-0.39, 0.29) is 0 Å². The molecule has 0 saturated heterocycles. The molecule has 0 fully saturated rings. The van der Waals surface area contributed by atoms with E-state index >= 15 is 0 Å². The Hall–Kier alpha value is -6.66. The molecule has 0 saturated carbocycles. The number of nitrogens with zero attached hydrogens (tertiary/aromatic N) is 6. The minimum atomic E-state index is 0.629. The maximum absolute atomic E-state index is 5.24. The van der Waals surface area contributed by atoms with Gasteiger partial charge in [0.05, 0.1) is 11.0 Å². The summed E-state index contributed by atoms with van der Waals surface area (Å²) in [6.45, 7) is 0. The van der Waals surface area contributed by atoms with Crippen LogP contribution in [0.3, 0.4) is 0 Å². The van der Waals surface area contributed by atoms with Gasteiger partial charge in [-0.1, -0.05) is 115 Å². The second-order valence-electron chi connectivity index (χ2n) is 11.6. The number of hydrogen-bond donors (Lipinski definition) is 0. The molecule has 0 aliphatic rings. The van der Waals surface area contributed by atoms with Crippen LogP contribution in [-0.4, -0.2) is 29.3 Å². The maximum Gasteiger partial charge on any atom is 0.187 e. The molecule has 9 rings (SSSR count). The van der Waals surface area contributed by atoms with Crippen molar-refractivity contribution in [3.8, 4) is 56.8 Å². The molecular formula is C42H28N6. The fourth-order valence-corrected chi connectivity index (χ4v) is 6.52. The molecule has 6 nitrogen and oxygen atoms in total. The summed E-state index contributed by atoms with van der Waals surface area (Å²) in [7, 11) is 0. The van der Waals surface area contributed by atoms with E-state index in [0.717, 1.165) is 50.5 Å². The normalized spacial score (nSPS) is 11.3. The minimum absolute atomic E-state index is 0.629. The Morgan fingerprint density at radius 3 is 1.65 bits per heavy atom. The predicted molar refractivity (Wildman–Crippen MR) is 193 cm³/mol. The average molecular weight is 617 g/mol. The van der Waals surface area contributed by atoms with Gasteiger partial charge in [0.2, 0.25) is 0 Å². The molecule has 0 atom stereocenters. The Morgan fingerprint density at radius 2 is 0.958 bits per heavy atom. The Balaban J connectivity index is 1.25. The Morgan fingerprint density at radius 1 is 0.396 bits per heavy atom. The van der Waals surface area contributed by atoms with E-state index in [1.54, 1.807) is 0 Å². The third kappa shape index (κ3) is 4.75. The van der Waals surface area contributed by atoms with Crippen LogP contribution < -0.4 is 0 Å². The van der Waals surface area contributed by atoms with Gasteiger partial charge in [0, 0.05) is 22.7 Å². The number of pyridine rings is 2. The maximum atomic E-state index is 5.24. The van der Waals surface area contributed by atoms with Gasteiger partial charge in [-0.15, -0.1) is 10.2 Å². The largest absolute Gasteiger partial charge is 0.294 e. The van der Waals surface area contributed by atoms with Crippen LogP contribution in [0.1, 0.15) is 0 Å². The first kappa shape index (κ1) is 27.6. The standard InChI is InChI=1S/C42H28N6/c1-3-13-29(14-4-1)31-17-11-18-33(27-31)47-41(45-46-42(47)37-28-32(25-26-43-37)30-15-5-2-6-16-30)36-21-12-24-40(44-36)48-38-22-9-7-19-34(38)35-20-8-10-23-39(35)48/h1-28H. The van der Waals surface area contributed by atoms with Crippen LogP contribution in [0.2, 0.25) is 0 Å². The van der Waals surface area contributed by atoms with Gasteiger partial charge < -0.3 is 0 Å². The van der Waals surface area contributed by atoms with Crippen molar-refractivity contribution in [3.05, 3.63) is 170 Å². The molecule has 4 aromatic heterocycles. The molecule has 0 amide bonds. The van der Waals surface area contributed by atoms with Crippen LogP contribution in [0, 0.1) is 0 Å². The van der Waals surface area contributed by atoms with Crippen molar-refractivity contribution in [2.24, 2.45) is 0 Å². The topological polar surface area (TPSA) is 61.4 Å². The van der Waals surface area contributed by atoms with Gasteiger partial charge in [-0.3, -0.25) is 14.1 Å². The van der Waals surface area contributed by atoms with Crippen LogP contribution >= 0.6 is 0 Å². The second-order valence-corrected chi connectivity index (χ2v) is 11.6. The van der Waals surface area contributed by atoms with Crippen molar-refractivity contribution in [2.75, 3.05) is 0 Å². The average Bonchev–Trinajstić information content (AvgIpc) is 3.76. The number of rotatable bonds is 6. The van der Waals surface area contributed by atoms with Gasteiger partial charge in [-0.25, -0.2) is 4.98 Å². The third-order valence-electron chi connectivity index (χ3n) is 8.74. The van der Waals surface area contributed by atoms with Crippen molar-refractivity contribution in [1.82, 2.24) is 29.3 Å². The van der Waals surface area contributed by atoms with Crippen LogP contribution in [0.5, 0.6) is 0 Å². The van der Waals surface area contributed by atoms with Crippen molar-refractivity contribution in [1.29, 1.82) is 0 Å². The van der Waals surface area contributed by atoms with E-state index < -0.39 is 0 Å². The quantitative estimate of drug-likeness (QED) is 0.187. The van der Waals surface area contributed by atoms with Crippen LogP contribution in [-0.2, 0) is 0 Å². The Bertz CT molecular complexity index is 2510. The highest BCUT2D eigenvalue weighted by atomic mass is 15.3. The zero-order valence-corrected chi connectivity index (χ0v) is 25.8. The molecule has 226 valence electrons. The highest BCUT2D eigenvalue weighted by Crippen LogP contribution is 2.34. The first-order valence-electron chi connectivity index (χ1n) is 15.9. The lowest BCUT2D eigenvalue weighted by Crippen LogP contribution is -2.04. The summed E-state index contributed by atoms with van der Waals surface area (Å²) in [5.41, 5.74) is 8.94. The van der Waals surface area contributed by atoms with Gasteiger partial charge in [0.15, 0.2) is 11.6 Å². The Kier molecular flexibility index (Phi) is 6.68. The summed E-state index contributed by atoms with van der Waals surface area (Å²) in [6, 6.07) is 56.2. The van der Waals surface area contributed by atoms with Crippen molar-refractivity contribution in [2.45, 2.75) is 0 Å². The summed E-state index contributed by atoms with van der Waals surface area (Å²) >= 11 is 0. The zero-order valence-electron chi connectivity index (χ0n) is 25.8. The number of benzene rings is 5. The van der Waals surface area contributed by atoms with Gasteiger partial charge in [-0.05, 0) is 70.8 Å². The molecular weight excluding hydrogens is 589 g/mol. The first-order chi connectivity index (χ1) is 23.8. The molecule has 0 aliphatic carbocycles. The van der Waals surface area contributed by atoms with E-state index in [9.17, 15) is 0 Å². The van der Waals surface area contributed by atoms with Gasteiger partial charge in [0.1, 0.15) is 17.2 Å². The molecule has 9 aromatic rings. The smallest absolute Gasteiger partial charge is 0.187 e. The Labute approximate surface area is 277 Å². The lowest BCUT2D eigenvalue weighted by atomic mass is 10.0. The van der Waals surface area contributed by atoms with Gasteiger partial charge in [-0.2, -0.15) is 0 Å². The summed E-state index contributed by atoms with van der Waals surface area (Å²) < 4.78 is 4.29. The van der Waals surface area contributed by atoms with Crippen LogP contribution in [0.4, 0.5) is 0 Å². The fraction of sp³-hybridized carbons (Fsp3) is 0. The van der Waals surface area contributed by atoms with E-state index in [4.69, 9.17) is 20.2 Å². The molecule has 0 N–H and O–H groups in total. The predicted octanol–water partition coefficient (Wildman–Crippen LogP) is 9.82. The van der Waals surface area contributed by atoms with Crippen LogP contribution in [0.25, 0.3) is 78.6 Å². The molecule has 0 unspecified atom stereocenters.